The monoisotopic (exact) mass is 270 g/mol. The average molecular weight is 270 g/mol. The summed E-state index contributed by atoms with van der Waals surface area (Å²) >= 11 is 0. The molecule has 0 amide bonds. The SMILES string of the molecule is CN(Cc1ccccc1C1CC1)C1CC2CCC(C1)N2. The number of nitrogens with one attached hydrogen (secondary N) is 1. The number of nitrogens with zero attached hydrogens (tertiary/aromatic N) is 1. The Labute approximate surface area is 122 Å². The molecule has 20 heavy (non-hydrogen) atoms. The zero-order valence-electron chi connectivity index (χ0n) is 12.5. The van der Waals surface area contributed by atoms with Gasteiger partial charge in [0.1, 0.15) is 0 Å². The highest BCUT2D eigenvalue weighted by Gasteiger charge is 2.35. The first-order valence-electron chi connectivity index (χ1n) is 8.33. The molecular formula is C18H26N2. The van der Waals surface area contributed by atoms with E-state index >= 15 is 0 Å². The number of piperidine rings is 1. The van der Waals surface area contributed by atoms with Crippen molar-refractivity contribution in [3.63, 3.8) is 0 Å². The van der Waals surface area contributed by atoms with Crippen LogP contribution in [0, 0.1) is 0 Å². The minimum atomic E-state index is 0.779. The second-order valence-corrected chi connectivity index (χ2v) is 7.15. The molecule has 1 saturated carbocycles. The van der Waals surface area contributed by atoms with Gasteiger partial charge in [0.15, 0.2) is 0 Å². The first kappa shape index (κ1) is 12.8. The third-order valence-electron chi connectivity index (χ3n) is 5.56. The zero-order valence-corrected chi connectivity index (χ0v) is 12.5. The summed E-state index contributed by atoms with van der Waals surface area (Å²) in [6.45, 7) is 1.14. The number of benzene rings is 1. The Hall–Kier alpha value is -0.860. The highest BCUT2D eigenvalue weighted by molar-refractivity contribution is 5.33. The van der Waals surface area contributed by atoms with Crippen LogP contribution in [0.15, 0.2) is 24.3 Å². The van der Waals surface area contributed by atoms with Crippen LogP contribution in [0.4, 0.5) is 0 Å². The van der Waals surface area contributed by atoms with Gasteiger partial charge in [0.2, 0.25) is 0 Å². The lowest BCUT2D eigenvalue weighted by Gasteiger charge is -2.36. The molecule has 2 heterocycles. The highest BCUT2D eigenvalue weighted by Crippen LogP contribution is 2.42. The first-order chi connectivity index (χ1) is 9.79. The van der Waals surface area contributed by atoms with Crippen molar-refractivity contribution in [2.75, 3.05) is 7.05 Å². The largest absolute Gasteiger partial charge is 0.311 e. The maximum atomic E-state index is 3.75. The van der Waals surface area contributed by atoms with Gasteiger partial charge in [-0.3, -0.25) is 4.90 Å². The Kier molecular flexibility index (Phi) is 3.31. The van der Waals surface area contributed by atoms with E-state index in [4.69, 9.17) is 0 Å². The van der Waals surface area contributed by atoms with Crippen LogP contribution in [0.2, 0.25) is 0 Å². The lowest BCUT2D eigenvalue weighted by Crippen LogP contribution is -2.46. The number of rotatable bonds is 4. The van der Waals surface area contributed by atoms with Gasteiger partial charge >= 0.3 is 0 Å². The van der Waals surface area contributed by atoms with Gasteiger partial charge in [-0.05, 0) is 62.6 Å². The van der Waals surface area contributed by atoms with Crippen LogP contribution < -0.4 is 5.32 Å². The molecular weight excluding hydrogens is 244 g/mol. The standard InChI is InChI=1S/C18H26N2/c1-20(17-10-15-8-9-16(11-17)19-15)12-14-4-2-3-5-18(14)13-6-7-13/h2-5,13,15-17,19H,6-12H2,1H3. The predicted octanol–water partition coefficient (Wildman–Crippen LogP) is 3.28. The summed E-state index contributed by atoms with van der Waals surface area (Å²) in [5, 5.41) is 3.75. The fourth-order valence-corrected chi connectivity index (χ4v) is 4.26. The van der Waals surface area contributed by atoms with Crippen molar-refractivity contribution in [1.82, 2.24) is 10.2 Å². The summed E-state index contributed by atoms with van der Waals surface area (Å²) in [6, 6.07) is 11.5. The average Bonchev–Trinajstić information content (AvgIpc) is 3.25. The summed E-state index contributed by atoms with van der Waals surface area (Å²) in [6.07, 6.45) is 8.29. The van der Waals surface area contributed by atoms with Gasteiger partial charge in [0, 0.05) is 24.7 Å². The molecule has 1 aromatic carbocycles. The second-order valence-electron chi connectivity index (χ2n) is 7.15. The smallest absolute Gasteiger partial charge is 0.0236 e. The summed E-state index contributed by atoms with van der Waals surface area (Å²) < 4.78 is 0. The van der Waals surface area contributed by atoms with Crippen LogP contribution in [-0.2, 0) is 6.54 Å². The van der Waals surface area contributed by atoms with E-state index in [1.807, 2.05) is 0 Å². The molecule has 2 heteroatoms. The molecule has 2 aliphatic heterocycles. The molecule has 0 aromatic heterocycles. The normalized spacial score (nSPS) is 32.8. The fraction of sp³-hybridized carbons (Fsp3) is 0.667. The number of hydrogen-bond donors (Lipinski definition) is 1. The van der Waals surface area contributed by atoms with Crippen LogP contribution in [0.3, 0.4) is 0 Å². The topological polar surface area (TPSA) is 15.3 Å². The van der Waals surface area contributed by atoms with Crippen LogP contribution in [-0.4, -0.2) is 30.1 Å². The Bertz CT molecular complexity index is 468. The van der Waals surface area contributed by atoms with Crippen LogP contribution >= 0.6 is 0 Å². The summed E-state index contributed by atoms with van der Waals surface area (Å²) in [5.74, 6) is 0.865. The third kappa shape index (κ3) is 2.51. The quantitative estimate of drug-likeness (QED) is 0.903. The highest BCUT2D eigenvalue weighted by atomic mass is 15.2. The maximum Gasteiger partial charge on any atom is 0.0236 e. The van der Waals surface area contributed by atoms with Gasteiger partial charge in [0.05, 0.1) is 0 Å². The van der Waals surface area contributed by atoms with Crippen molar-refractivity contribution in [2.45, 2.75) is 69.1 Å². The molecule has 2 saturated heterocycles. The van der Waals surface area contributed by atoms with E-state index in [-0.39, 0.29) is 0 Å². The molecule has 108 valence electrons. The molecule has 2 nitrogen and oxygen atoms in total. The van der Waals surface area contributed by atoms with E-state index in [0.717, 1.165) is 30.6 Å². The lowest BCUT2D eigenvalue weighted by molar-refractivity contribution is 0.165. The van der Waals surface area contributed by atoms with Gasteiger partial charge in [0.25, 0.3) is 0 Å². The van der Waals surface area contributed by atoms with E-state index in [1.54, 1.807) is 11.1 Å². The van der Waals surface area contributed by atoms with E-state index in [2.05, 4.69) is 41.5 Å². The summed E-state index contributed by atoms with van der Waals surface area (Å²) in [4.78, 5) is 2.62. The zero-order chi connectivity index (χ0) is 13.5. The molecule has 3 aliphatic rings. The molecule has 1 N–H and O–H groups in total. The molecule has 1 aromatic rings. The predicted molar refractivity (Wildman–Crippen MR) is 82.9 cm³/mol. The Morgan fingerprint density at radius 2 is 1.75 bits per heavy atom. The van der Waals surface area contributed by atoms with Crippen molar-refractivity contribution in [3.8, 4) is 0 Å². The van der Waals surface area contributed by atoms with Gasteiger partial charge < -0.3 is 5.32 Å². The van der Waals surface area contributed by atoms with Gasteiger partial charge in [-0.1, -0.05) is 24.3 Å². The van der Waals surface area contributed by atoms with E-state index in [0.29, 0.717) is 0 Å². The summed E-state index contributed by atoms with van der Waals surface area (Å²) in [7, 11) is 2.33. The van der Waals surface area contributed by atoms with Gasteiger partial charge in [-0.2, -0.15) is 0 Å². The van der Waals surface area contributed by atoms with Crippen LogP contribution in [0.5, 0.6) is 0 Å². The van der Waals surface area contributed by atoms with Gasteiger partial charge in [-0.25, -0.2) is 0 Å². The Balaban J connectivity index is 1.46. The number of fused-ring (bicyclic) bond motifs is 2. The minimum Gasteiger partial charge on any atom is -0.311 e. The molecule has 0 radical (unpaired) electrons. The van der Waals surface area contributed by atoms with E-state index < -0.39 is 0 Å². The second kappa shape index (κ2) is 5.16. The van der Waals surface area contributed by atoms with E-state index in [9.17, 15) is 0 Å². The third-order valence-corrected chi connectivity index (χ3v) is 5.56. The van der Waals surface area contributed by atoms with Gasteiger partial charge in [-0.15, -0.1) is 0 Å². The summed E-state index contributed by atoms with van der Waals surface area (Å²) in [5.41, 5.74) is 3.19. The van der Waals surface area contributed by atoms with Crippen molar-refractivity contribution in [3.05, 3.63) is 35.4 Å². The van der Waals surface area contributed by atoms with Crippen LogP contribution in [0.1, 0.15) is 55.6 Å². The molecule has 1 aliphatic carbocycles. The number of hydrogen-bond acceptors (Lipinski definition) is 2. The molecule has 2 unspecified atom stereocenters. The van der Waals surface area contributed by atoms with Crippen molar-refractivity contribution in [1.29, 1.82) is 0 Å². The molecule has 0 spiro atoms. The molecule has 3 fully saturated rings. The minimum absolute atomic E-state index is 0.779. The Morgan fingerprint density at radius 1 is 1.05 bits per heavy atom. The van der Waals surface area contributed by atoms with Crippen LogP contribution in [0.25, 0.3) is 0 Å². The first-order valence-corrected chi connectivity index (χ1v) is 8.33. The fourth-order valence-electron chi connectivity index (χ4n) is 4.26. The van der Waals surface area contributed by atoms with E-state index in [1.165, 1.54) is 38.5 Å². The van der Waals surface area contributed by atoms with Crippen molar-refractivity contribution < 1.29 is 0 Å². The molecule has 2 atom stereocenters. The lowest BCUT2D eigenvalue weighted by atomic mass is 9.97. The van der Waals surface area contributed by atoms with Crippen molar-refractivity contribution >= 4 is 0 Å². The maximum absolute atomic E-state index is 3.75. The van der Waals surface area contributed by atoms with Crippen molar-refractivity contribution in [2.24, 2.45) is 0 Å². The Morgan fingerprint density at radius 3 is 2.45 bits per heavy atom. The molecule has 2 bridgehead atoms. The molecule has 4 rings (SSSR count).